The molecule has 0 aromatic heterocycles. The molecule has 0 aliphatic carbocycles. The van der Waals surface area contributed by atoms with E-state index in [0.717, 1.165) is 12.8 Å². The minimum Gasteiger partial charge on any atom is -0.352 e. The van der Waals surface area contributed by atoms with Gasteiger partial charge < -0.3 is 16.4 Å². The summed E-state index contributed by atoms with van der Waals surface area (Å²) >= 11 is 0. The highest BCUT2D eigenvalue weighted by Crippen LogP contribution is 2.11. The average molecular weight is 277 g/mol. The number of amides is 2. The Morgan fingerprint density at radius 1 is 1.25 bits per heavy atom. The van der Waals surface area contributed by atoms with E-state index in [1.807, 2.05) is 13.8 Å². The number of carbonyl (C=O) groups excluding carboxylic acids is 2. The molecular formula is C15H23N3O2. The maximum Gasteiger partial charge on any atom is 0.251 e. The highest BCUT2D eigenvalue weighted by Gasteiger charge is 2.13. The minimum absolute atomic E-state index is 0.138. The van der Waals surface area contributed by atoms with Crippen molar-refractivity contribution in [1.82, 2.24) is 5.32 Å². The lowest BCUT2D eigenvalue weighted by Crippen LogP contribution is -2.35. The fourth-order valence-corrected chi connectivity index (χ4v) is 1.76. The fourth-order valence-electron chi connectivity index (χ4n) is 1.76. The van der Waals surface area contributed by atoms with Crippen molar-refractivity contribution in [1.29, 1.82) is 0 Å². The summed E-state index contributed by atoms with van der Waals surface area (Å²) < 4.78 is 0. The molecule has 1 aromatic carbocycles. The van der Waals surface area contributed by atoms with E-state index in [9.17, 15) is 9.59 Å². The van der Waals surface area contributed by atoms with Gasteiger partial charge in [0.15, 0.2) is 0 Å². The summed E-state index contributed by atoms with van der Waals surface area (Å²) in [5.41, 5.74) is 6.86. The summed E-state index contributed by atoms with van der Waals surface area (Å²) in [4.78, 5) is 23.6. The Bertz CT molecular complexity index is 460. The van der Waals surface area contributed by atoms with E-state index < -0.39 is 6.04 Å². The van der Waals surface area contributed by atoms with Crippen LogP contribution in [0.15, 0.2) is 24.3 Å². The van der Waals surface area contributed by atoms with Gasteiger partial charge in [-0.3, -0.25) is 9.59 Å². The van der Waals surface area contributed by atoms with E-state index in [4.69, 9.17) is 5.73 Å². The first-order valence-electron chi connectivity index (χ1n) is 7.03. The van der Waals surface area contributed by atoms with Crippen LogP contribution in [-0.2, 0) is 4.79 Å². The summed E-state index contributed by atoms with van der Waals surface area (Å²) in [6, 6.07) is 6.33. The molecule has 20 heavy (non-hydrogen) atoms. The summed E-state index contributed by atoms with van der Waals surface area (Å²) in [5, 5.41) is 5.53. The molecule has 0 saturated heterocycles. The topological polar surface area (TPSA) is 84.2 Å². The molecule has 5 nitrogen and oxygen atoms in total. The van der Waals surface area contributed by atoms with Crippen LogP contribution in [0.1, 0.15) is 43.5 Å². The highest BCUT2D eigenvalue weighted by atomic mass is 16.2. The van der Waals surface area contributed by atoms with Gasteiger partial charge in [0.05, 0.1) is 6.04 Å². The van der Waals surface area contributed by atoms with Crippen molar-refractivity contribution >= 4 is 17.5 Å². The zero-order valence-electron chi connectivity index (χ0n) is 12.1. The molecule has 5 heteroatoms. The van der Waals surface area contributed by atoms with E-state index in [-0.39, 0.29) is 11.8 Å². The predicted molar refractivity (Wildman–Crippen MR) is 80.6 cm³/mol. The zero-order valence-corrected chi connectivity index (χ0v) is 12.1. The molecule has 1 rings (SSSR count). The number of rotatable bonds is 7. The molecule has 1 atom stereocenters. The lowest BCUT2D eigenvalue weighted by molar-refractivity contribution is -0.117. The molecule has 4 N–H and O–H groups in total. The summed E-state index contributed by atoms with van der Waals surface area (Å²) in [7, 11) is 0. The lowest BCUT2D eigenvalue weighted by Gasteiger charge is -2.12. The zero-order chi connectivity index (χ0) is 15.0. The molecule has 0 aliphatic rings. The maximum atomic E-state index is 11.8. The number of nitrogens with one attached hydrogen (secondary N) is 2. The first-order chi connectivity index (χ1) is 9.58. The molecule has 0 unspecified atom stereocenters. The average Bonchev–Trinajstić information content (AvgIpc) is 2.45. The Morgan fingerprint density at radius 2 is 2.00 bits per heavy atom. The largest absolute Gasteiger partial charge is 0.352 e. The molecule has 2 amide bonds. The van der Waals surface area contributed by atoms with Gasteiger partial charge in [-0.1, -0.05) is 26.3 Å². The molecule has 0 aliphatic heterocycles. The maximum absolute atomic E-state index is 11.8. The Kier molecular flexibility index (Phi) is 6.73. The van der Waals surface area contributed by atoms with Crippen molar-refractivity contribution < 1.29 is 9.59 Å². The molecular weight excluding hydrogens is 254 g/mol. The van der Waals surface area contributed by atoms with Gasteiger partial charge in [0.25, 0.3) is 5.91 Å². The van der Waals surface area contributed by atoms with Crippen molar-refractivity contribution in [3.05, 3.63) is 29.8 Å². The second-order valence-electron chi connectivity index (χ2n) is 4.72. The van der Waals surface area contributed by atoms with Crippen LogP contribution in [0.4, 0.5) is 5.69 Å². The Morgan fingerprint density at radius 3 is 2.65 bits per heavy atom. The number of carbonyl (C=O) groups is 2. The molecule has 0 spiro atoms. The summed E-state index contributed by atoms with van der Waals surface area (Å²) in [6.07, 6.45) is 2.38. The van der Waals surface area contributed by atoms with Crippen LogP contribution in [0.3, 0.4) is 0 Å². The number of anilines is 1. The van der Waals surface area contributed by atoms with Crippen molar-refractivity contribution in [3.63, 3.8) is 0 Å². The Labute approximate surface area is 119 Å². The number of benzene rings is 1. The van der Waals surface area contributed by atoms with Gasteiger partial charge >= 0.3 is 0 Å². The van der Waals surface area contributed by atoms with Crippen molar-refractivity contribution in [3.8, 4) is 0 Å². The van der Waals surface area contributed by atoms with Crippen LogP contribution in [0.25, 0.3) is 0 Å². The lowest BCUT2D eigenvalue weighted by atomic mass is 10.1. The predicted octanol–water partition coefficient (Wildman–Crippen LogP) is 1.89. The standard InChI is InChI=1S/C15H23N3O2/c1-3-6-13(16)15(20)18-12-8-5-7-11(10-12)14(19)17-9-4-2/h5,7-8,10,13H,3-4,6,9,16H2,1-2H3,(H,17,19)(H,18,20)/t13-/m0/s1. The van der Waals surface area contributed by atoms with E-state index in [1.165, 1.54) is 0 Å². The Hall–Kier alpha value is -1.88. The van der Waals surface area contributed by atoms with Gasteiger partial charge in [0, 0.05) is 17.8 Å². The third-order valence-corrected chi connectivity index (χ3v) is 2.86. The van der Waals surface area contributed by atoms with Crippen LogP contribution >= 0.6 is 0 Å². The van der Waals surface area contributed by atoms with Crippen LogP contribution in [-0.4, -0.2) is 24.4 Å². The van der Waals surface area contributed by atoms with Crippen molar-refractivity contribution in [2.24, 2.45) is 5.73 Å². The smallest absolute Gasteiger partial charge is 0.251 e. The molecule has 0 bridgehead atoms. The van der Waals surface area contributed by atoms with E-state index in [0.29, 0.717) is 24.2 Å². The van der Waals surface area contributed by atoms with Gasteiger partial charge in [-0.15, -0.1) is 0 Å². The molecule has 0 saturated carbocycles. The van der Waals surface area contributed by atoms with Crippen LogP contribution in [0.5, 0.6) is 0 Å². The van der Waals surface area contributed by atoms with Gasteiger partial charge in [-0.25, -0.2) is 0 Å². The third-order valence-electron chi connectivity index (χ3n) is 2.86. The van der Waals surface area contributed by atoms with Gasteiger partial charge in [0.2, 0.25) is 5.91 Å². The molecule has 0 heterocycles. The summed E-state index contributed by atoms with van der Waals surface area (Å²) in [5.74, 6) is -0.362. The Balaban J connectivity index is 2.68. The van der Waals surface area contributed by atoms with E-state index >= 15 is 0 Å². The minimum atomic E-state index is -0.516. The van der Waals surface area contributed by atoms with Gasteiger partial charge in [-0.2, -0.15) is 0 Å². The number of nitrogens with two attached hydrogens (primary N) is 1. The van der Waals surface area contributed by atoms with E-state index in [1.54, 1.807) is 24.3 Å². The van der Waals surface area contributed by atoms with Crippen LogP contribution < -0.4 is 16.4 Å². The number of hydrogen-bond donors (Lipinski definition) is 3. The quantitative estimate of drug-likeness (QED) is 0.711. The van der Waals surface area contributed by atoms with Gasteiger partial charge in [-0.05, 0) is 31.0 Å². The normalized spacial score (nSPS) is 11.8. The molecule has 0 radical (unpaired) electrons. The first kappa shape index (κ1) is 16.2. The molecule has 1 aromatic rings. The monoisotopic (exact) mass is 277 g/mol. The van der Waals surface area contributed by atoms with E-state index in [2.05, 4.69) is 10.6 Å². The summed E-state index contributed by atoms with van der Waals surface area (Å²) in [6.45, 7) is 4.61. The first-order valence-corrected chi connectivity index (χ1v) is 7.03. The SMILES string of the molecule is CCCNC(=O)c1cccc(NC(=O)[C@@H](N)CCC)c1. The second-order valence-corrected chi connectivity index (χ2v) is 4.72. The van der Waals surface area contributed by atoms with Crippen LogP contribution in [0.2, 0.25) is 0 Å². The van der Waals surface area contributed by atoms with Crippen molar-refractivity contribution in [2.75, 3.05) is 11.9 Å². The van der Waals surface area contributed by atoms with Gasteiger partial charge in [0.1, 0.15) is 0 Å². The van der Waals surface area contributed by atoms with Crippen LogP contribution in [0, 0.1) is 0 Å². The number of hydrogen-bond acceptors (Lipinski definition) is 3. The third kappa shape index (κ3) is 5.01. The second kappa shape index (κ2) is 8.32. The molecule has 0 fully saturated rings. The van der Waals surface area contributed by atoms with Crippen molar-refractivity contribution in [2.45, 2.75) is 39.2 Å². The highest BCUT2D eigenvalue weighted by molar-refractivity contribution is 5.98. The fraction of sp³-hybridized carbons (Fsp3) is 0.467. The molecule has 110 valence electrons.